The molecule has 2 atom stereocenters. The summed E-state index contributed by atoms with van der Waals surface area (Å²) in [6.45, 7) is 2.03. The highest BCUT2D eigenvalue weighted by molar-refractivity contribution is 5.78. The van der Waals surface area contributed by atoms with Gasteiger partial charge in [-0.3, -0.25) is 9.59 Å². The van der Waals surface area contributed by atoms with E-state index >= 15 is 0 Å². The molecule has 1 fully saturated rings. The number of carboxylic acid groups (broad SMARTS) is 1. The van der Waals surface area contributed by atoms with E-state index < -0.39 is 11.9 Å². The summed E-state index contributed by atoms with van der Waals surface area (Å²) in [7, 11) is 0. The fourth-order valence-electron chi connectivity index (χ4n) is 3.18. The van der Waals surface area contributed by atoms with Crippen molar-refractivity contribution in [2.75, 3.05) is 0 Å². The summed E-state index contributed by atoms with van der Waals surface area (Å²) in [5, 5.41) is 12.3. The van der Waals surface area contributed by atoms with E-state index in [9.17, 15) is 14.7 Å². The van der Waals surface area contributed by atoms with Gasteiger partial charge >= 0.3 is 5.97 Å². The Morgan fingerprint density at radius 1 is 1.23 bits per heavy atom. The van der Waals surface area contributed by atoms with E-state index in [1.807, 2.05) is 25.1 Å². The smallest absolute Gasteiger partial charge is 0.308 e. The van der Waals surface area contributed by atoms with Crippen molar-refractivity contribution in [1.29, 1.82) is 0 Å². The summed E-state index contributed by atoms with van der Waals surface area (Å²) >= 11 is 0. The second kappa shape index (κ2) is 7.97. The average Bonchev–Trinajstić information content (AvgIpc) is 2.71. The Kier molecular flexibility index (Phi) is 5.99. The number of amides is 1. The molecule has 1 saturated carbocycles. The highest BCUT2D eigenvalue weighted by atomic mass is 16.4. The third kappa shape index (κ3) is 4.86. The number of aliphatic carboxylic acids is 1. The number of aryl methyl sites for hydroxylation is 2. The van der Waals surface area contributed by atoms with E-state index in [1.165, 1.54) is 5.56 Å². The lowest BCUT2D eigenvalue weighted by atomic mass is 9.94. The van der Waals surface area contributed by atoms with Gasteiger partial charge < -0.3 is 10.4 Å². The van der Waals surface area contributed by atoms with Crippen LogP contribution >= 0.6 is 0 Å². The normalized spacial score (nSPS) is 21.9. The Hall–Kier alpha value is -1.84. The molecule has 1 aromatic rings. The molecule has 1 aromatic carbocycles. The fraction of sp³-hybridized carbons (Fsp3) is 0.556. The van der Waals surface area contributed by atoms with Crippen molar-refractivity contribution in [3.63, 3.8) is 0 Å². The van der Waals surface area contributed by atoms with Crippen LogP contribution in [0.2, 0.25) is 0 Å². The van der Waals surface area contributed by atoms with Gasteiger partial charge in [0.25, 0.3) is 0 Å². The molecule has 1 amide bonds. The van der Waals surface area contributed by atoms with Crippen molar-refractivity contribution in [3.05, 3.63) is 35.4 Å². The van der Waals surface area contributed by atoms with Gasteiger partial charge in [-0.15, -0.1) is 0 Å². The topological polar surface area (TPSA) is 66.4 Å². The minimum Gasteiger partial charge on any atom is -0.481 e. The van der Waals surface area contributed by atoms with Gasteiger partial charge in [0, 0.05) is 12.5 Å². The highest BCUT2D eigenvalue weighted by Crippen LogP contribution is 2.24. The molecule has 2 N–H and O–H groups in total. The summed E-state index contributed by atoms with van der Waals surface area (Å²) in [6.07, 6.45) is 5.52. The maximum atomic E-state index is 12.1. The molecule has 1 aliphatic carbocycles. The Labute approximate surface area is 131 Å². The van der Waals surface area contributed by atoms with Gasteiger partial charge in [0.05, 0.1) is 5.92 Å². The quantitative estimate of drug-likeness (QED) is 0.822. The van der Waals surface area contributed by atoms with Gasteiger partial charge in [-0.2, -0.15) is 0 Å². The van der Waals surface area contributed by atoms with E-state index in [1.54, 1.807) is 0 Å². The summed E-state index contributed by atoms with van der Waals surface area (Å²) in [5.41, 5.74) is 2.33. The maximum Gasteiger partial charge on any atom is 0.308 e. The first-order chi connectivity index (χ1) is 10.6. The van der Waals surface area contributed by atoms with Gasteiger partial charge in [-0.1, -0.05) is 49.1 Å². The van der Waals surface area contributed by atoms with E-state index in [2.05, 4.69) is 11.4 Å². The molecule has 0 radical (unpaired) electrons. The second-order valence-corrected chi connectivity index (χ2v) is 6.25. The number of hydrogen-bond donors (Lipinski definition) is 2. The largest absolute Gasteiger partial charge is 0.481 e. The van der Waals surface area contributed by atoms with Crippen LogP contribution in [0, 0.1) is 12.8 Å². The molecule has 0 aromatic heterocycles. The molecule has 0 aliphatic heterocycles. The first-order valence-electron chi connectivity index (χ1n) is 8.14. The molecule has 0 spiro atoms. The van der Waals surface area contributed by atoms with Crippen molar-refractivity contribution in [2.24, 2.45) is 5.92 Å². The van der Waals surface area contributed by atoms with Crippen molar-refractivity contribution in [3.8, 4) is 0 Å². The summed E-state index contributed by atoms with van der Waals surface area (Å²) in [5.74, 6) is -1.27. The zero-order chi connectivity index (χ0) is 15.9. The van der Waals surface area contributed by atoms with E-state index in [-0.39, 0.29) is 11.9 Å². The standard InChI is InChI=1S/C18H25NO3/c1-13-6-5-7-14(12-13)10-11-17(20)19-16-9-4-2-3-8-15(16)18(21)22/h5-7,12,15-16H,2-4,8-11H2,1H3,(H,19,20)(H,21,22)/t15-,16+/m1/s1. The Balaban J connectivity index is 1.88. The van der Waals surface area contributed by atoms with E-state index in [4.69, 9.17) is 0 Å². The predicted molar refractivity (Wildman–Crippen MR) is 85.6 cm³/mol. The summed E-state index contributed by atoms with van der Waals surface area (Å²) in [6, 6.07) is 7.91. The van der Waals surface area contributed by atoms with Crippen LogP contribution in [-0.4, -0.2) is 23.0 Å². The summed E-state index contributed by atoms with van der Waals surface area (Å²) in [4.78, 5) is 23.5. The molecule has 2 rings (SSSR count). The van der Waals surface area contributed by atoms with Crippen molar-refractivity contribution < 1.29 is 14.7 Å². The molecule has 0 saturated heterocycles. The number of hydrogen-bond acceptors (Lipinski definition) is 2. The molecule has 0 bridgehead atoms. The van der Waals surface area contributed by atoms with Crippen molar-refractivity contribution in [2.45, 2.75) is 57.9 Å². The first-order valence-corrected chi connectivity index (χ1v) is 8.14. The lowest BCUT2D eigenvalue weighted by Crippen LogP contribution is -2.42. The van der Waals surface area contributed by atoms with Crippen LogP contribution in [0.25, 0.3) is 0 Å². The van der Waals surface area contributed by atoms with Crippen LogP contribution in [0.5, 0.6) is 0 Å². The van der Waals surface area contributed by atoms with Gasteiger partial charge in [0.15, 0.2) is 0 Å². The zero-order valence-corrected chi connectivity index (χ0v) is 13.2. The number of benzene rings is 1. The van der Waals surface area contributed by atoms with Crippen LogP contribution in [0.4, 0.5) is 0 Å². The SMILES string of the molecule is Cc1cccc(CCC(=O)N[C@H]2CCCCC[C@H]2C(=O)O)c1. The van der Waals surface area contributed by atoms with Crippen LogP contribution in [-0.2, 0) is 16.0 Å². The van der Waals surface area contributed by atoms with Crippen molar-refractivity contribution in [1.82, 2.24) is 5.32 Å². The Morgan fingerprint density at radius 2 is 2.00 bits per heavy atom. The predicted octanol–water partition coefficient (Wildman–Crippen LogP) is 3.08. The number of rotatable bonds is 5. The molecule has 0 unspecified atom stereocenters. The lowest BCUT2D eigenvalue weighted by molar-refractivity contribution is -0.143. The molecule has 120 valence electrons. The molecule has 1 aliphatic rings. The Bertz CT molecular complexity index is 527. The third-order valence-electron chi connectivity index (χ3n) is 4.40. The van der Waals surface area contributed by atoms with Crippen LogP contribution in [0.15, 0.2) is 24.3 Å². The molecular weight excluding hydrogens is 278 g/mol. The average molecular weight is 303 g/mol. The fourth-order valence-corrected chi connectivity index (χ4v) is 3.18. The zero-order valence-electron chi connectivity index (χ0n) is 13.2. The third-order valence-corrected chi connectivity index (χ3v) is 4.40. The van der Waals surface area contributed by atoms with Crippen LogP contribution < -0.4 is 5.32 Å². The molecular formula is C18H25NO3. The molecule has 0 heterocycles. The van der Waals surface area contributed by atoms with Crippen LogP contribution in [0.1, 0.15) is 49.7 Å². The Morgan fingerprint density at radius 3 is 2.73 bits per heavy atom. The van der Waals surface area contributed by atoms with E-state index in [0.717, 1.165) is 31.2 Å². The minimum absolute atomic E-state index is 0.0420. The maximum absolute atomic E-state index is 12.1. The first kappa shape index (κ1) is 16.5. The number of carbonyl (C=O) groups is 2. The number of carbonyl (C=O) groups excluding carboxylic acids is 1. The van der Waals surface area contributed by atoms with Crippen LogP contribution in [0.3, 0.4) is 0 Å². The molecule has 4 nitrogen and oxygen atoms in total. The van der Waals surface area contributed by atoms with Crippen molar-refractivity contribution >= 4 is 11.9 Å². The highest BCUT2D eigenvalue weighted by Gasteiger charge is 2.30. The number of nitrogens with one attached hydrogen (secondary N) is 1. The molecule has 22 heavy (non-hydrogen) atoms. The van der Waals surface area contributed by atoms with Gasteiger partial charge in [-0.05, 0) is 31.7 Å². The monoisotopic (exact) mass is 303 g/mol. The minimum atomic E-state index is -0.786. The van der Waals surface area contributed by atoms with E-state index in [0.29, 0.717) is 19.3 Å². The van der Waals surface area contributed by atoms with Gasteiger partial charge in [-0.25, -0.2) is 0 Å². The summed E-state index contributed by atoms with van der Waals surface area (Å²) < 4.78 is 0. The lowest BCUT2D eigenvalue weighted by Gasteiger charge is -2.22. The number of carboxylic acids is 1. The second-order valence-electron chi connectivity index (χ2n) is 6.25. The van der Waals surface area contributed by atoms with Gasteiger partial charge in [0.1, 0.15) is 0 Å². The van der Waals surface area contributed by atoms with Gasteiger partial charge in [0.2, 0.25) is 5.91 Å². The molecule has 4 heteroatoms.